The predicted molar refractivity (Wildman–Crippen MR) is 88.5 cm³/mol. The number of nitrogens with one attached hydrogen (secondary N) is 1. The minimum absolute atomic E-state index is 0.314. The summed E-state index contributed by atoms with van der Waals surface area (Å²) >= 11 is 7.57. The Morgan fingerprint density at radius 1 is 1.05 bits per heavy atom. The van der Waals surface area contributed by atoms with E-state index in [9.17, 15) is 4.39 Å². The normalized spacial score (nSPS) is 10.6. The molecule has 3 aromatic rings. The Morgan fingerprint density at radius 2 is 1.90 bits per heavy atom. The number of hydrogen-bond donors (Lipinski definition) is 1. The molecular formula is C17H13ClFNS. The zero-order valence-electron chi connectivity index (χ0n) is 11.1. The molecule has 3 rings (SSSR count). The van der Waals surface area contributed by atoms with E-state index in [4.69, 9.17) is 11.6 Å². The number of benzene rings is 2. The van der Waals surface area contributed by atoms with Crippen LogP contribution in [-0.2, 0) is 6.54 Å². The first-order chi connectivity index (χ1) is 10.2. The van der Waals surface area contributed by atoms with Gasteiger partial charge in [0.05, 0.1) is 0 Å². The lowest BCUT2D eigenvalue weighted by Crippen LogP contribution is -2.01. The summed E-state index contributed by atoms with van der Waals surface area (Å²) in [6.07, 6.45) is 0. The van der Waals surface area contributed by atoms with Crippen LogP contribution in [0.5, 0.6) is 0 Å². The van der Waals surface area contributed by atoms with Crippen LogP contribution in [0.2, 0.25) is 5.02 Å². The van der Waals surface area contributed by atoms with Crippen molar-refractivity contribution >= 4 is 28.6 Å². The van der Waals surface area contributed by atoms with Gasteiger partial charge in [0.1, 0.15) is 5.82 Å². The Hall–Kier alpha value is -1.84. The van der Waals surface area contributed by atoms with E-state index in [0.717, 1.165) is 16.8 Å². The van der Waals surface area contributed by atoms with E-state index in [-0.39, 0.29) is 5.82 Å². The third kappa shape index (κ3) is 3.43. The van der Waals surface area contributed by atoms with Gasteiger partial charge in [0.15, 0.2) is 0 Å². The number of thiophene rings is 1. The van der Waals surface area contributed by atoms with Gasteiger partial charge < -0.3 is 5.32 Å². The van der Waals surface area contributed by atoms with E-state index < -0.39 is 0 Å². The maximum atomic E-state index is 13.3. The lowest BCUT2D eigenvalue weighted by atomic mass is 10.1. The molecule has 21 heavy (non-hydrogen) atoms. The van der Waals surface area contributed by atoms with Gasteiger partial charge in [-0.1, -0.05) is 35.9 Å². The molecule has 0 fully saturated rings. The molecule has 0 bridgehead atoms. The van der Waals surface area contributed by atoms with Crippen molar-refractivity contribution in [3.05, 3.63) is 76.4 Å². The summed E-state index contributed by atoms with van der Waals surface area (Å²) in [6, 6.07) is 16.8. The molecule has 1 aromatic heterocycles. The first kappa shape index (κ1) is 14.1. The highest BCUT2D eigenvalue weighted by Gasteiger charge is 2.06. The molecular weight excluding hydrogens is 305 g/mol. The molecule has 0 spiro atoms. The van der Waals surface area contributed by atoms with Crippen molar-refractivity contribution in [2.75, 3.05) is 5.32 Å². The van der Waals surface area contributed by atoms with Gasteiger partial charge >= 0.3 is 0 Å². The van der Waals surface area contributed by atoms with Crippen LogP contribution < -0.4 is 5.32 Å². The van der Waals surface area contributed by atoms with Crippen LogP contribution in [0.4, 0.5) is 10.1 Å². The highest BCUT2D eigenvalue weighted by atomic mass is 35.5. The van der Waals surface area contributed by atoms with Gasteiger partial charge in [-0.2, -0.15) is 0 Å². The van der Waals surface area contributed by atoms with Crippen molar-refractivity contribution in [3.63, 3.8) is 0 Å². The molecule has 106 valence electrons. The third-order valence-electron chi connectivity index (χ3n) is 3.12. The Bertz CT molecular complexity index is 720. The molecule has 0 atom stereocenters. The molecule has 2 aromatic carbocycles. The highest BCUT2D eigenvalue weighted by molar-refractivity contribution is 7.13. The molecule has 0 unspecified atom stereocenters. The van der Waals surface area contributed by atoms with Gasteiger partial charge in [-0.05, 0) is 41.3 Å². The van der Waals surface area contributed by atoms with Crippen LogP contribution in [-0.4, -0.2) is 0 Å². The SMILES string of the molecule is Fc1cc(Cl)cc(CNc2ccccc2-c2cccs2)c1. The molecule has 0 aliphatic rings. The zero-order valence-corrected chi connectivity index (χ0v) is 12.7. The van der Waals surface area contributed by atoms with Gasteiger partial charge in [-0.15, -0.1) is 11.3 Å². The maximum Gasteiger partial charge on any atom is 0.125 e. The fourth-order valence-corrected chi connectivity index (χ4v) is 3.20. The van der Waals surface area contributed by atoms with Crippen molar-refractivity contribution in [3.8, 4) is 10.4 Å². The van der Waals surface area contributed by atoms with E-state index in [1.807, 2.05) is 24.3 Å². The van der Waals surface area contributed by atoms with Crippen molar-refractivity contribution in [2.24, 2.45) is 0 Å². The Kier molecular flexibility index (Phi) is 4.23. The lowest BCUT2D eigenvalue weighted by molar-refractivity contribution is 0.626. The molecule has 0 saturated carbocycles. The first-order valence-corrected chi connectivity index (χ1v) is 7.80. The Balaban J connectivity index is 1.82. The summed E-state index contributed by atoms with van der Waals surface area (Å²) < 4.78 is 13.3. The molecule has 0 aliphatic heterocycles. The van der Waals surface area contributed by atoms with Crippen molar-refractivity contribution in [1.82, 2.24) is 0 Å². The maximum absolute atomic E-state index is 13.3. The molecule has 0 aliphatic carbocycles. The van der Waals surface area contributed by atoms with Crippen LogP contribution in [0.3, 0.4) is 0 Å². The van der Waals surface area contributed by atoms with Crippen LogP contribution in [0, 0.1) is 5.82 Å². The first-order valence-electron chi connectivity index (χ1n) is 6.54. The quantitative estimate of drug-likeness (QED) is 0.639. The van der Waals surface area contributed by atoms with Gasteiger partial charge in [0.2, 0.25) is 0 Å². The molecule has 0 amide bonds. The zero-order chi connectivity index (χ0) is 14.7. The Morgan fingerprint density at radius 3 is 2.67 bits per heavy atom. The molecule has 4 heteroatoms. The van der Waals surface area contributed by atoms with E-state index in [1.165, 1.54) is 17.0 Å². The highest BCUT2D eigenvalue weighted by Crippen LogP contribution is 2.31. The average Bonchev–Trinajstić information content (AvgIpc) is 2.98. The largest absolute Gasteiger partial charge is 0.380 e. The molecule has 1 N–H and O–H groups in total. The Labute approximate surface area is 132 Å². The summed E-state index contributed by atoms with van der Waals surface area (Å²) in [5.41, 5.74) is 3.00. The summed E-state index contributed by atoms with van der Waals surface area (Å²) in [4.78, 5) is 1.20. The summed E-state index contributed by atoms with van der Waals surface area (Å²) in [6.45, 7) is 0.528. The predicted octanol–water partition coefficient (Wildman–Crippen LogP) is 5.82. The van der Waals surface area contributed by atoms with E-state index >= 15 is 0 Å². The number of rotatable bonds is 4. The minimum Gasteiger partial charge on any atom is -0.380 e. The van der Waals surface area contributed by atoms with Crippen LogP contribution >= 0.6 is 22.9 Å². The number of hydrogen-bond acceptors (Lipinski definition) is 2. The molecule has 0 saturated heterocycles. The summed E-state index contributed by atoms with van der Waals surface area (Å²) in [7, 11) is 0. The van der Waals surface area contributed by atoms with Gasteiger partial charge in [0.25, 0.3) is 0 Å². The molecule has 0 radical (unpaired) electrons. The fourth-order valence-electron chi connectivity index (χ4n) is 2.19. The van der Waals surface area contributed by atoms with Crippen LogP contribution in [0.1, 0.15) is 5.56 Å². The number of halogens is 2. The monoisotopic (exact) mass is 317 g/mol. The van der Waals surface area contributed by atoms with Gasteiger partial charge in [-0.3, -0.25) is 0 Å². The second-order valence-electron chi connectivity index (χ2n) is 4.65. The van der Waals surface area contributed by atoms with Crippen molar-refractivity contribution in [1.29, 1.82) is 0 Å². The van der Waals surface area contributed by atoms with Crippen molar-refractivity contribution in [2.45, 2.75) is 6.54 Å². The van der Waals surface area contributed by atoms with Gasteiger partial charge in [0, 0.05) is 27.7 Å². The summed E-state index contributed by atoms with van der Waals surface area (Å²) in [5.74, 6) is -0.314. The summed E-state index contributed by atoms with van der Waals surface area (Å²) in [5, 5.41) is 5.82. The second kappa shape index (κ2) is 6.29. The van der Waals surface area contributed by atoms with Crippen molar-refractivity contribution < 1.29 is 4.39 Å². The minimum atomic E-state index is -0.314. The fraction of sp³-hybridized carbons (Fsp3) is 0.0588. The smallest absolute Gasteiger partial charge is 0.125 e. The number of para-hydroxylation sites is 1. The molecule has 1 heterocycles. The third-order valence-corrected chi connectivity index (χ3v) is 4.24. The average molecular weight is 318 g/mol. The van der Waals surface area contributed by atoms with E-state index in [1.54, 1.807) is 17.4 Å². The second-order valence-corrected chi connectivity index (χ2v) is 6.04. The molecule has 1 nitrogen and oxygen atoms in total. The number of anilines is 1. The van der Waals surface area contributed by atoms with Gasteiger partial charge in [-0.25, -0.2) is 4.39 Å². The lowest BCUT2D eigenvalue weighted by Gasteiger charge is -2.11. The van der Waals surface area contributed by atoms with Crippen LogP contribution in [0.25, 0.3) is 10.4 Å². The standard InChI is InChI=1S/C17H13ClFNS/c18-13-8-12(9-14(19)10-13)11-20-16-5-2-1-4-15(16)17-6-3-7-21-17/h1-10,20H,11H2. The van der Waals surface area contributed by atoms with E-state index in [0.29, 0.717) is 11.6 Å². The van der Waals surface area contributed by atoms with E-state index in [2.05, 4.69) is 22.8 Å². The topological polar surface area (TPSA) is 12.0 Å². The van der Waals surface area contributed by atoms with Crippen LogP contribution in [0.15, 0.2) is 60.0 Å².